The number of carbonyl (C=O) groups is 6. The highest BCUT2D eigenvalue weighted by atomic mass is 16.3. The summed E-state index contributed by atoms with van der Waals surface area (Å²) in [7, 11) is 0. The van der Waals surface area contributed by atoms with Crippen LogP contribution in [-0.4, -0.2) is 83.9 Å². The van der Waals surface area contributed by atoms with Crippen LogP contribution >= 0.6 is 0 Å². The number of phenolic OH excluding ortho intramolecular Hbond substituents is 2. The molecule has 6 rings (SSSR count). The van der Waals surface area contributed by atoms with Crippen LogP contribution < -0.4 is 21.3 Å². The first-order valence-corrected chi connectivity index (χ1v) is 17.8. The van der Waals surface area contributed by atoms with Gasteiger partial charge < -0.3 is 31.1 Å². The molecule has 0 bridgehead atoms. The fraction of sp³-hybridized carbons (Fsp3) is 0.368. The van der Waals surface area contributed by atoms with Crippen molar-refractivity contribution < 1.29 is 39.0 Å². The summed E-state index contributed by atoms with van der Waals surface area (Å²) in [5.41, 5.74) is 3.02. The van der Waals surface area contributed by atoms with Gasteiger partial charge in [0.05, 0.1) is 5.56 Å². The second-order valence-corrected chi connectivity index (χ2v) is 13.9. The molecule has 2 unspecified atom stereocenters. The zero-order valence-electron chi connectivity index (χ0n) is 30.5. The van der Waals surface area contributed by atoms with E-state index >= 15 is 0 Å². The van der Waals surface area contributed by atoms with Crippen LogP contribution in [0.15, 0.2) is 48.1 Å². The molecule has 0 spiro atoms. The second kappa shape index (κ2) is 15.0. The minimum absolute atomic E-state index is 0.0237. The zero-order valence-corrected chi connectivity index (χ0v) is 30.5. The molecule has 0 radical (unpaired) electrons. The van der Waals surface area contributed by atoms with E-state index in [1.54, 1.807) is 43.3 Å². The summed E-state index contributed by atoms with van der Waals surface area (Å²) in [6.45, 7) is 9.34. The Balaban J connectivity index is 1.20. The molecule has 16 nitrogen and oxygen atoms in total. The molecule has 0 saturated carbocycles. The van der Waals surface area contributed by atoms with Crippen LogP contribution in [0.25, 0.3) is 17.1 Å². The van der Waals surface area contributed by atoms with Gasteiger partial charge in [-0.25, -0.2) is 0 Å². The van der Waals surface area contributed by atoms with Crippen LogP contribution in [0.1, 0.15) is 91.9 Å². The molecule has 16 heteroatoms. The van der Waals surface area contributed by atoms with Gasteiger partial charge in [0.1, 0.15) is 23.6 Å². The van der Waals surface area contributed by atoms with Crippen LogP contribution in [0.3, 0.4) is 0 Å². The summed E-state index contributed by atoms with van der Waals surface area (Å²) in [5, 5.41) is 40.3. The van der Waals surface area contributed by atoms with Gasteiger partial charge in [0, 0.05) is 59.6 Å². The van der Waals surface area contributed by atoms with Gasteiger partial charge in [0.25, 0.3) is 11.8 Å². The second-order valence-electron chi connectivity index (χ2n) is 13.9. The number of allylic oxidation sites excluding steroid dienone is 3. The number of fused-ring (bicyclic) bond motifs is 1. The van der Waals surface area contributed by atoms with Crippen molar-refractivity contribution in [3.05, 3.63) is 70.6 Å². The molecule has 6 N–H and O–H groups in total. The zero-order chi connectivity index (χ0) is 39.0. The summed E-state index contributed by atoms with van der Waals surface area (Å²) < 4.78 is 1.54. The number of amides is 6. The van der Waals surface area contributed by atoms with Crippen LogP contribution in [0.4, 0.5) is 5.69 Å². The van der Waals surface area contributed by atoms with Gasteiger partial charge in [0.15, 0.2) is 5.82 Å². The van der Waals surface area contributed by atoms with Crippen molar-refractivity contribution in [3.63, 3.8) is 0 Å². The molecule has 3 heterocycles. The number of phenols is 2. The number of nitrogens with zero attached hydrogens (tertiary/aromatic N) is 4. The van der Waals surface area contributed by atoms with E-state index in [4.69, 9.17) is 0 Å². The number of hydrogen-bond acceptors (Lipinski definition) is 10. The van der Waals surface area contributed by atoms with E-state index in [1.165, 1.54) is 22.5 Å². The molecule has 1 fully saturated rings. The smallest absolute Gasteiger partial charge is 0.289 e. The standard InChI is InChI=1S/C38H42N8O8/c1-6-39-37(53)33-44-43-32(24-15-23(18(2)3)29(47)16-30(24)48)46(33)27-11-10-21(14-19(27)4)35(51)40-20(5)34(50)41-26-9-7-8-22-25(26)17-45(38(22)54)28-12-13-31(49)42-36(28)52/h7-11,15-16,18-20,28,47-48H,6,12-14,17H2,1-5H3,(H,39,53)(H,40,51)(H,41,50)(H,42,49,52)/t19?,20-,28?/m0/s1. The van der Waals surface area contributed by atoms with Crippen LogP contribution in [0, 0.1) is 5.92 Å². The Bertz CT molecular complexity index is 2150. The van der Waals surface area contributed by atoms with Gasteiger partial charge >= 0.3 is 0 Å². The van der Waals surface area contributed by atoms with Gasteiger partial charge in [-0.15, -0.1) is 10.2 Å². The lowest BCUT2D eigenvalue weighted by atomic mass is 9.91. The van der Waals surface area contributed by atoms with Crippen LogP contribution in [0.5, 0.6) is 11.5 Å². The molecule has 6 amide bonds. The Morgan fingerprint density at radius 2 is 1.76 bits per heavy atom. The molecule has 1 saturated heterocycles. The molecule has 3 aliphatic rings. The molecule has 2 aromatic carbocycles. The number of aromatic nitrogens is 3. The number of nitrogens with one attached hydrogen (secondary N) is 4. The molecular weight excluding hydrogens is 696 g/mol. The highest BCUT2D eigenvalue weighted by Crippen LogP contribution is 2.40. The average molecular weight is 739 g/mol. The Morgan fingerprint density at radius 1 is 1.00 bits per heavy atom. The van der Waals surface area contributed by atoms with E-state index in [-0.39, 0.29) is 78.2 Å². The van der Waals surface area contributed by atoms with E-state index in [0.29, 0.717) is 40.2 Å². The van der Waals surface area contributed by atoms with Gasteiger partial charge in [-0.05, 0) is 62.4 Å². The lowest BCUT2D eigenvalue weighted by molar-refractivity contribution is -0.137. The summed E-state index contributed by atoms with van der Waals surface area (Å²) in [6.07, 6.45) is 3.81. The first kappa shape index (κ1) is 37.4. The van der Waals surface area contributed by atoms with Crippen molar-refractivity contribution in [2.45, 2.75) is 78.4 Å². The first-order chi connectivity index (χ1) is 25.7. The third-order valence-electron chi connectivity index (χ3n) is 9.83. The fourth-order valence-corrected chi connectivity index (χ4v) is 6.94. The number of hydrogen-bond donors (Lipinski definition) is 6. The van der Waals surface area contributed by atoms with Crippen LogP contribution in [-0.2, 0) is 25.7 Å². The normalized spacial score (nSPS) is 18.8. The van der Waals surface area contributed by atoms with Gasteiger partial charge in [-0.2, -0.15) is 0 Å². The van der Waals surface area contributed by atoms with Gasteiger partial charge in [0.2, 0.25) is 29.5 Å². The van der Waals surface area contributed by atoms with Gasteiger partial charge in [-0.3, -0.25) is 38.7 Å². The topological polar surface area (TPSA) is 225 Å². The van der Waals surface area contributed by atoms with E-state index in [0.717, 1.165) is 0 Å². The summed E-state index contributed by atoms with van der Waals surface area (Å²) in [5.74, 6) is -3.42. The monoisotopic (exact) mass is 738 g/mol. The Kier molecular flexibility index (Phi) is 10.4. The number of imide groups is 1. The lowest BCUT2D eigenvalue weighted by Gasteiger charge is -2.29. The Hall–Kier alpha value is -6.32. The molecule has 1 aromatic heterocycles. The van der Waals surface area contributed by atoms with E-state index in [9.17, 15) is 39.0 Å². The van der Waals surface area contributed by atoms with Crippen molar-refractivity contribution in [2.75, 3.05) is 11.9 Å². The lowest BCUT2D eigenvalue weighted by Crippen LogP contribution is -2.52. The fourth-order valence-electron chi connectivity index (χ4n) is 6.94. The van der Waals surface area contributed by atoms with Crippen LogP contribution in [0.2, 0.25) is 0 Å². The average Bonchev–Trinajstić information content (AvgIpc) is 3.70. The maximum Gasteiger partial charge on any atom is 0.289 e. The quantitative estimate of drug-likeness (QED) is 0.167. The van der Waals surface area contributed by atoms with E-state index in [1.807, 2.05) is 20.8 Å². The minimum Gasteiger partial charge on any atom is -0.508 e. The van der Waals surface area contributed by atoms with Crippen molar-refractivity contribution in [1.29, 1.82) is 0 Å². The van der Waals surface area contributed by atoms with Crippen molar-refractivity contribution in [1.82, 2.24) is 35.6 Å². The third kappa shape index (κ3) is 7.06. The van der Waals surface area contributed by atoms with Crippen molar-refractivity contribution in [3.8, 4) is 22.9 Å². The molecular formula is C38H42N8O8. The highest BCUT2D eigenvalue weighted by molar-refractivity contribution is 6.07. The molecule has 282 valence electrons. The predicted octanol–water partition coefficient (Wildman–Crippen LogP) is 2.94. The Labute approximate surface area is 310 Å². The maximum atomic E-state index is 13.5. The van der Waals surface area contributed by atoms with Crippen molar-refractivity contribution >= 4 is 46.8 Å². The summed E-state index contributed by atoms with van der Waals surface area (Å²) >= 11 is 0. The van der Waals surface area contributed by atoms with Crippen molar-refractivity contribution in [2.24, 2.45) is 5.92 Å². The Morgan fingerprint density at radius 3 is 2.44 bits per heavy atom. The predicted molar refractivity (Wildman–Crippen MR) is 196 cm³/mol. The number of carbonyl (C=O) groups excluding carboxylic acids is 6. The SMILES string of the molecule is CCNC(=O)c1nnc(-c2cc(C(C)C)c(O)cc2O)n1C1=CC=C(C(=O)N[C@@H](C)C(=O)Nc2cccc3c2CN(C2CCC(=O)NC2=O)C3=O)CC1C. The molecule has 1 aliphatic carbocycles. The highest BCUT2D eigenvalue weighted by Gasteiger charge is 2.40. The third-order valence-corrected chi connectivity index (χ3v) is 9.83. The first-order valence-electron chi connectivity index (χ1n) is 17.8. The number of anilines is 1. The summed E-state index contributed by atoms with van der Waals surface area (Å²) in [6, 6.07) is 5.92. The number of piperidine rings is 1. The van der Waals surface area contributed by atoms with E-state index < -0.39 is 35.7 Å². The number of aromatic hydroxyl groups is 2. The summed E-state index contributed by atoms with van der Waals surface area (Å²) in [4.78, 5) is 78.7. The molecule has 2 aliphatic heterocycles. The molecule has 54 heavy (non-hydrogen) atoms. The molecule has 3 aromatic rings. The maximum absolute atomic E-state index is 13.5. The number of rotatable bonds is 10. The number of benzene rings is 2. The molecule has 3 atom stereocenters. The van der Waals surface area contributed by atoms with Gasteiger partial charge in [-0.1, -0.05) is 32.9 Å². The van der Waals surface area contributed by atoms with E-state index in [2.05, 4.69) is 31.5 Å². The largest absolute Gasteiger partial charge is 0.508 e. The minimum atomic E-state index is -0.986.